The van der Waals surface area contributed by atoms with Gasteiger partial charge in [-0.1, -0.05) is 0 Å². The van der Waals surface area contributed by atoms with Crippen LogP contribution in [0.2, 0.25) is 0 Å². The van der Waals surface area contributed by atoms with E-state index in [2.05, 4.69) is 5.84 Å². The normalized spacial score (nSPS) is 14.2. The first-order valence-corrected chi connectivity index (χ1v) is 3.61. The summed E-state index contributed by atoms with van der Waals surface area (Å²) < 4.78 is 84.3. The van der Waals surface area contributed by atoms with Gasteiger partial charge in [0.2, 0.25) is 0 Å². The van der Waals surface area contributed by atoms with Crippen LogP contribution in [0, 0.1) is 0 Å². The zero-order valence-electron chi connectivity index (χ0n) is 7.89. The third-order valence-corrected chi connectivity index (χ3v) is 1.47. The molecule has 0 aromatic rings. The molecular formula is C5H8F7IN4. The van der Waals surface area contributed by atoms with Gasteiger partial charge in [-0.15, -0.1) is 0 Å². The average molecular weight is 384 g/mol. The van der Waals surface area contributed by atoms with Crippen LogP contribution >= 0.6 is 0 Å². The van der Waals surface area contributed by atoms with E-state index in [0.29, 0.717) is 0 Å². The van der Waals surface area contributed by atoms with E-state index in [9.17, 15) is 30.7 Å². The largest absolute Gasteiger partial charge is 1.00 e. The number of hydrogen-bond donors (Lipinski definition) is 4. The van der Waals surface area contributed by atoms with E-state index in [1.54, 1.807) is 5.43 Å². The molecule has 0 aliphatic carbocycles. The molecule has 0 amide bonds. The van der Waals surface area contributed by atoms with Crippen molar-refractivity contribution in [2.75, 3.05) is 6.54 Å². The fraction of sp³-hybridized carbons (Fsp3) is 0.800. The van der Waals surface area contributed by atoms with E-state index in [4.69, 9.17) is 5.73 Å². The van der Waals surface area contributed by atoms with Gasteiger partial charge in [0, 0.05) is 0 Å². The Labute approximate surface area is 108 Å². The van der Waals surface area contributed by atoms with Crippen molar-refractivity contribution in [1.82, 2.24) is 5.43 Å². The van der Waals surface area contributed by atoms with E-state index in [0.717, 1.165) is 0 Å². The predicted molar refractivity (Wildman–Crippen MR) is 38.3 cm³/mol. The molecule has 0 unspecified atom stereocenters. The van der Waals surface area contributed by atoms with Crippen LogP contribution in [0.1, 0.15) is 0 Å². The topological polar surface area (TPSA) is 78.0 Å². The molecule has 0 rings (SSSR count). The van der Waals surface area contributed by atoms with E-state index in [-0.39, 0.29) is 24.0 Å². The molecule has 0 aliphatic rings. The third kappa shape index (κ3) is 4.33. The van der Waals surface area contributed by atoms with Gasteiger partial charge in [-0.05, 0) is 0 Å². The fourth-order valence-electron chi connectivity index (χ4n) is 0.576. The van der Waals surface area contributed by atoms with Crippen LogP contribution in [0.4, 0.5) is 30.7 Å². The van der Waals surface area contributed by atoms with E-state index >= 15 is 0 Å². The Kier molecular flexibility index (Phi) is 6.51. The molecule has 0 heterocycles. The highest BCUT2D eigenvalue weighted by Crippen LogP contribution is 2.45. The molecule has 0 atom stereocenters. The molecule has 0 spiro atoms. The summed E-state index contributed by atoms with van der Waals surface area (Å²) in [5.41, 5.74) is 6.29. The highest BCUT2D eigenvalue weighted by Gasteiger charge is 2.73. The van der Waals surface area contributed by atoms with Crippen LogP contribution < -0.4 is 46.0 Å². The average Bonchev–Trinajstić information content (AvgIpc) is 2.12. The minimum atomic E-state index is -6.36. The van der Waals surface area contributed by atoms with Crippen molar-refractivity contribution < 1.29 is 59.7 Å². The summed E-state index contributed by atoms with van der Waals surface area (Å²) in [5.74, 6) is -7.72. The second-order valence-corrected chi connectivity index (χ2v) is 2.69. The minimum Gasteiger partial charge on any atom is -1.00 e. The van der Waals surface area contributed by atoms with Crippen LogP contribution in [-0.4, -0.2) is 30.5 Å². The first-order chi connectivity index (χ1) is 6.95. The van der Waals surface area contributed by atoms with Gasteiger partial charge in [0.05, 0.1) is 0 Å². The van der Waals surface area contributed by atoms with Crippen molar-refractivity contribution in [2.24, 2.45) is 11.6 Å². The summed E-state index contributed by atoms with van der Waals surface area (Å²) in [6, 6.07) is 0. The Hall–Kier alpha value is -0.530. The Bertz CT molecular complexity index is 276. The molecule has 104 valence electrons. The fourth-order valence-corrected chi connectivity index (χ4v) is 0.576. The molecule has 0 aromatic carbocycles. The minimum absolute atomic E-state index is 0. The van der Waals surface area contributed by atoms with Gasteiger partial charge in [0.25, 0.3) is 0 Å². The molecule has 6 N–H and O–H groups in total. The number of hydrazine groups is 1. The summed E-state index contributed by atoms with van der Waals surface area (Å²) in [6.45, 7) is -2.02. The SMILES string of the molecule is NNC(N)=[NH+]CC(F)(F)C(F)(F)C(F)(F)F.[I-]. The third-order valence-electron chi connectivity index (χ3n) is 1.47. The van der Waals surface area contributed by atoms with E-state index < -0.39 is 30.5 Å². The van der Waals surface area contributed by atoms with Gasteiger partial charge in [0.15, 0.2) is 0 Å². The van der Waals surface area contributed by atoms with Crippen molar-refractivity contribution in [2.45, 2.75) is 18.0 Å². The van der Waals surface area contributed by atoms with Crippen LogP contribution in [0.15, 0.2) is 0 Å². The zero-order chi connectivity index (χ0) is 13.2. The number of hydrogen-bond acceptors (Lipinski definition) is 1. The summed E-state index contributed by atoms with van der Waals surface area (Å²) in [4.78, 5) is 1.38. The maximum absolute atomic E-state index is 12.5. The summed E-state index contributed by atoms with van der Waals surface area (Å²) >= 11 is 0. The predicted octanol–water partition coefficient (Wildman–Crippen LogP) is -4.32. The molecule has 0 bridgehead atoms. The second kappa shape index (κ2) is 5.88. The second-order valence-electron chi connectivity index (χ2n) is 2.69. The van der Waals surface area contributed by atoms with Gasteiger partial charge in [-0.25, -0.2) is 5.43 Å². The van der Waals surface area contributed by atoms with Gasteiger partial charge in [-0.2, -0.15) is 36.6 Å². The Morgan fingerprint density at radius 1 is 1.06 bits per heavy atom. The van der Waals surface area contributed by atoms with Gasteiger partial charge in [-0.3, -0.25) is 10.7 Å². The smallest absolute Gasteiger partial charge is 0.460 e. The van der Waals surface area contributed by atoms with Gasteiger partial charge >= 0.3 is 24.0 Å². The molecule has 4 nitrogen and oxygen atoms in total. The van der Waals surface area contributed by atoms with Crippen LogP contribution in [0.25, 0.3) is 0 Å². The molecule has 0 radical (unpaired) electrons. The first kappa shape index (κ1) is 18.8. The molecule has 12 heteroatoms. The van der Waals surface area contributed by atoms with Crippen LogP contribution in [0.5, 0.6) is 0 Å². The number of nitrogens with one attached hydrogen (secondary N) is 2. The van der Waals surface area contributed by atoms with Crippen molar-refractivity contribution in [1.29, 1.82) is 0 Å². The van der Waals surface area contributed by atoms with Crippen molar-refractivity contribution in [3.63, 3.8) is 0 Å². The monoisotopic (exact) mass is 384 g/mol. The number of rotatable bonds is 3. The Morgan fingerprint density at radius 2 is 1.47 bits per heavy atom. The highest BCUT2D eigenvalue weighted by molar-refractivity contribution is 5.70. The Balaban J connectivity index is 0. The van der Waals surface area contributed by atoms with Gasteiger partial charge < -0.3 is 24.0 Å². The first-order valence-electron chi connectivity index (χ1n) is 3.61. The maximum atomic E-state index is 12.5. The standard InChI is InChI=1S/C5H7F7N4.HI/c6-3(7,1-15-2(13)16-14)4(8,9)5(10,11)12;/h1,14H2,(H3,13,15,16);1H. The van der Waals surface area contributed by atoms with Gasteiger partial charge in [0.1, 0.15) is 6.54 Å². The molecule has 0 saturated carbocycles. The summed E-state index contributed by atoms with van der Waals surface area (Å²) in [6.07, 6.45) is -6.36. The molecule has 0 aliphatic heterocycles. The quantitative estimate of drug-likeness (QED) is 0.0994. The molecular weight excluding hydrogens is 376 g/mol. The van der Waals surface area contributed by atoms with Crippen LogP contribution in [0.3, 0.4) is 0 Å². The van der Waals surface area contributed by atoms with Crippen molar-refractivity contribution in [3.8, 4) is 0 Å². The lowest BCUT2D eigenvalue weighted by Gasteiger charge is -2.26. The molecule has 0 saturated heterocycles. The van der Waals surface area contributed by atoms with E-state index in [1.807, 2.05) is 0 Å². The van der Waals surface area contributed by atoms with Crippen molar-refractivity contribution in [3.05, 3.63) is 0 Å². The lowest BCUT2D eigenvalue weighted by Crippen LogP contribution is -3.00. The lowest BCUT2D eigenvalue weighted by atomic mass is 10.1. The van der Waals surface area contributed by atoms with E-state index in [1.165, 1.54) is 4.99 Å². The summed E-state index contributed by atoms with van der Waals surface area (Å²) in [7, 11) is 0. The number of alkyl halides is 7. The van der Waals surface area contributed by atoms with Crippen LogP contribution in [-0.2, 0) is 0 Å². The summed E-state index contributed by atoms with van der Waals surface area (Å²) in [5, 5.41) is 0. The molecule has 17 heavy (non-hydrogen) atoms. The zero-order valence-corrected chi connectivity index (χ0v) is 10.0. The molecule has 0 aromatic heterocycles. The Morgan fingerprint density at radius 3 is 1.76 bits per heavy atom. The number of nitrogens with two attached hydrogens (primary N) is 2. The molecule has 0 fully saturated rings. The number of guanidine groups is 1. The van der Waals surface area contributed by atoms with Crippen molar-refractivity contribution >= 4 is 5.96 Å². The highest BCUT2D eigenvalue weighted by atomic mass is 127. The lowest BCUT2D eigenvalue weighted by molar-refractivity contribution is -0.512. The number of halogens is 8. The maximum Gasteiger partial charge on any atom is 0.460 e.